The molecule has 2 aromatic carbocycles. The molecular formula is C17H12F4O4. The summed E-state index contributed by atoms with van der Waals surface area (Å²) in [5.41, 5.74) is 0.320. The standard InChI is InChI=1S/C17H12F4O4/c18-16(19)24-12-5-1-10(2-6-12)14(22)9-15(23)11-3-7-13(8-4-11)25-17(20)21/h1-8,16-17H,9H2. The summed E-state index contributed by atoms with van der Waals surface area (Å²) in [5.74, 6) is -1.23. The van der Waals surface area contributed by atoms with Gasteiger partial charge in [0, 0.05) is 11.1 Å². The number of benzene rings is 2. The molecule has 0 saturated heterocycles. The minimum absolute atomic E-state index is 0.104. The molecule has 25 heavy (non-hydrogen) atoms. The van der Waals surface area contributed by atoms with Crippen LogP contribution in [0.2, 0.25) is 0 Å². The molecule has 0 fully saturated rings. The molecule has 0 aliphatic carbocycles. The first-order chi connectivity index (χ1) is 11.8. The third-order valence-electron chi connectivity index (χ3n) is 3.12. The highest BCUT2D eigenvalue weighted by molar-refractivity contribution is 6.13. The van der Waals surface area contributed by atoms with E-state index in [1.165, 1.54) is 48.5 Å². The topological polar surface area (TPSA) is 52.6 Å². The normalized spacial score (nSPS) is 10.8. The molecule has 4 nitrogen and oxygen atoms in total. The lowest BCUT2D eigenvalue weighted by Gasteiger charge is -2.06. The van der Waals surface area contributed by atoms with Crippen LogP contribution in [-0.2, 0) is 0 Å². The molecule has 0 bridgehead atoms. The van der Waals surface area contributed by atoms with Crippen LogP contribution in [0.3, 0.4) is 0 Å². The van der Waals surface area contributed by atoms with Gasteiger partial charge in [-0.2, -0.15) is 17.6 Å². The molecule has 2 aromatic rings. The monoisotopic (exact) mass is 356 g/mol. The summed E-state index contributed by atoms with van der Waals surface area (Å²) in [5, 5.41) is 0. The van der Waals surface area contributed by atoms with Gasteiger partial charge in [-0.3, -0.25) is 9.59 Å². The maximum absolute atomic E-state index is 12.1. The number of ether oxygens (including phenoxy) is 2. The Morgan fingerprint density at radius 1 is 0.680 bits per heavy atom. The first-order valence-corrected chi connectivity index (χ1v) is 7.01. The summed E-state index contributed by atoms with van der Waals surface area (Å²) in [6.07, 6.45) is -0.454. The number of alkyl halides is 4. The van der Waals surface area contributed by atoms with Crippen molar-refractivity contribution >= 4 is 11.6 Å². The fraction of sp³-hybridized carbons (Fsp3) is 0.176. The number of ketones is 2. The van der Waals surface area contributed by atoms with Gasteiger partial charge in [-0.25, -0.2) is 0 Å². The molecule has 8 heteroatoms. The van der Waals surface area contributed by atoms with E-state index in [9.17, 15) is 27.2 Å². The molecule has 0 radical (unpaired) electrons. The van der Waals surface area contributed by atoms with Gasteiger partial charge in [0.25, 0.3) is 0 Å². The molecule has 0 saturated carbocycles. The van der Waals surface area contributed by atoms with Crippen molar-refractivity contribution in [2.75, 3.05) is 0 Å². The zero-order valence-corrected chi connectivity index (χ0v) is 12.6. The van der Waals surface area contributed by atoms with E-state index in [1.54, 1.807) is 0 Å². The second kappa shape index (κ2) is 8.27. The highest BCUT2D eigenvalue weighted by Gasteiger charge is 2.15. The summed E-state index contributed by atoms with van der Waals surface area (Å²) < 4.78 is 56.5. The van der Waals surface area contributed by atoms with E-state index in [4.69, 9.17) is 0 Å². The number of halogens is 4. The van der Waals surface area contributed by atoms with E-state index in [2.05, 4.69) is 9.47 Å². The van der Waals surface area contributed by atoms with Crippen LogP contribution in [0.1, 0.15) is 27.1 Å². The average molecular weight is 356 g/mol. The molecule has 132 valence electrons. The number of Topliss-reactive ketones (excluding diaryl/α,β-unsaturated/α-hetero) is 2. The Morgan fingerprint density at radius 2 is 1.00 bits per heavy atom. The SMILES string of the molecule is O=C(CC(=O)c1ccc(OC(F)F)cc1)c1ccc(OC(F)F)cc1. The Kier molecular flexibility index (Phi) is 6.10. The maximum atomic E-state index is 12.1. The zero-order valence-electron chi connectivity index (χ0n) is 12.6. The Hall–Kier alpha value is -2.90. The van der Waals surface area contributed by atoms with Crippen LogP contribution >= 0.6 is 0 Å². The van der Waals surface area contributed by atoms with Crippen molar-refractivity contribution in [3.8, 4) is 11.5 Å². The van der Waals surface area contributed by atoms with Crippen molar-refractivity contribution < 1.29 is 36.6 Å². The third-order valence-corrected chi connectivity index (χ3v) is 3.12. The Labute approximate surface area is 140 Å². The lowest BCUT2D eigenvalue weighted by molar-refractivity contribution is -0.0505. The molecule has 0 aromatic heterocycles. The van der Waals surface area contributed by atoms with Crippen LogP contribution < -0.4 is 9.47 Å². The lowest BCUT2D eigenvalue weighted by Crippen LogP contribution is -2.09. The van der Waals surface area contributed by atoms with Gasteiger partial charge in [0.1, 0.15) is 11.5 Å². The number of rotatable bonds is 8. The lowest BCUT2D eigenvalue weighted by atomic mass is 10.0. The number of hydrogen-bond acceptors (Lipinski definition) is 4. The highest BCUT2D eigenvalue weighted by atomic mass is 19.3. The molecule has 0 unspecified atom stereocenters. The number of hydrogen-bond donors (Lipinski definition) is 0. The van der Waals surface area contributed by atoms with Gasteiger partial charge in [0.15, 0.2) is 11.6 Å². The first-order valence-electron chi connectivity index (χ1n) is 7.01. The number of carbonyl (C=O) groups excluding carboxylic acids is 2. The minimum atomic E-state index is -2.97. The smallest absolute Gasteiger partial charge is 0.387 e. The highest BCUT2D eigenvalue weighted by Crippen LogP contribution is 2.18. The van der Waals surface area contributed by atoms with Gasteiger partial charge in [-0.15, -0.1) is 0 Å². The van der Waals surface area contributed by atoms with Crippen LogP contribution in [0, 0.1) is 0 Å². The molecule has 0 amide bonds. The summed E-state index contributed by atoms with van der Waals surface area (Å²) in [4.78, 5) is 24.1. The Balaban J connectivity index is 1.98. The van der Waals surface area contributed by atoms with E-state index < -0.39 is 31.2 Å². The van der Waals surface area contributed by atoms with Crippen LogP contribution in [0.15, 0.2) is 48.5 Å². The molecule has 0 spiro atoms. The van der Waals surface area contributed by atoms with Crippen molar-refractivity contribution in [1.82, 2.24) is 0 Å². The Morgan fingerprint density at radius 3 is 1.28 bits per heavy atom. The van der Waals surface area contributed by atoms with Crippen molar-refractivity contribution in [2.45, 2.75) is 19.6 Å². The van der Waals surface area contributed by atoms with Gasteiger partial charge < -0.3 is 9.47 Å². The zero-order chi connectivity index (χ0) is 18.4. The van der Waals surface area contributed by atoms with E-state index in [-0.39, 0.29) is 22.6 Å². The largest absolute Gasteiger partial charge is 0.435 e. The summed E-state index contributed by atoms with van der Waals surface area (Å²) in [7, 11) is 0. The van der Waals surface area contributed by atoms with Crippen LogP contribution in [-0.4, -0.2) is 24.8 Å². The quantitative estimate of drug-likeness (QED) is 0.401. The molecule has 0 aliphatic rings. The first kappa shape index (κ1) is 18.4. The number of carbonyl (C=O) groups is 2. The maximum Gasteiger partial charge on any atom is 0.387 e. The minimum Gasteiger partial charge on any atom is -0.435 e. The summed E-state index contributed by atoms with van der Waals surface area (Å²) in [6.45, 7) is -5.94. The van der Waals surface area contributed by atoms with Gasteiger partial charge in [0.05, 0.1) is 6.42 Å². The third kappa shape index (κ3) is 5.59. The molecule has 2 rings (SSSR count). The predicted octanol–water partition coefficient (Wildman–Crippen LogP) is 4.35. The van der Waals surface area contributed by atoms with Crippen LogP contribution in [0.4, 0.5) is 17.6 Å². The van der Waals surface area contributed by atoms with Crippen LogP contribution in [0.25, 0.3) is 0 Å². The van der Waals surface area contributed by atoms with E-state index in [0.717, 1.165) is 0 Å². The molecular weight excluding hydrogens is 344 g/mol. The van der Waals surface area contributed by atoms with Gasteiger partial charge in [-0.1, -0.05) is 0 Å². The molecule has 0 N–H and O–H groups in total. The second-order valence-corrected chi connectivity index (χ2v) is 4.83. The summed E-state index contributed by atoms with van der Waals surface area (Å²) in [6, 6.07) is 9.86. The average Bonchev–Trinajstić information content (AvgIpc) is 2.55. The van der Waals surface area contributed by atoms with Gasteiger partial charge >= 0.3 is 13.2 Å². The van der Waals surface area contributed by atoms with E-state index in [1.807, 2.05) is 0 Å². The van der Waals surface area contributed by atoms with Crippen molar-refractivity contribution in [1.29, 1.82) is 0 Å². The molecule has 0 heterocycles. The molecule has 0 atom stereocenters. The van der Waals surface area contributed by atoms with E-state index >= 15 is 0 Å². The van der Waals surface area contributed by atoms with Crippen molar-refractivity contribution in [3.63, 3.8) is 0 Å². The summed E-state index contributed by atoms with van der Waals surface area (Å²) >= 11 is 0. The van der Waals surface area contributed by atoms with E-state index in [0.29, 0.717) is 0 Å². The fourth-order valence-electron chi connectivity index (χ4n) is 1.99. The molecule has 0 aliphatic heterocycles. The van der Waals surface area contributed by atoms with Crippen molar-refractivity contribution in [3.05, 3.63) is 59.7 Å². The second-order valence-electron chi connectivity index (χ2n) is 4.83. The predicted molar refractivity (Wildman–Crippen MR) is 79.4 cm³/mol. The van der Waals surface area contributed by atoms with Crippen LogP contribution in [0.5, 0.6) is 11.5 Å². The van der Waals surface area contributed by atoms with Crippen molar-refractivity contribution in [2.24, 2.45) is 0 Å². The fourth-order valence-corrected chi connectivity index (χ4v) is 1.99. The Bertz CT molecular complexity index is 664. The van der Waals surface area contributed by atoms with Gasteiger partial charge in [0.2, 0.25) is 0 Å². The van der Waals surface area contributed by atoms with Gasteiger partial charge in [-0.05, 0) is 48.5 Å².